The van der Waals surface area contributed by atoms with Crippen LogP contribution in [0.15, 0.2) is 16.9 Å². The molecule has 0 atom stereocenters. The van der Waals surface area contributed by atoms with Gasteiger partial charge in [0.15, 0.2) is 0 Å². The quantitative estimate of drug-likeness (QED) is 0.648. The van der Waals surface area contributed by atoms with Gasteiger partial charge in [-0.15, -0.1) is 0 Å². The Morgan fingerprint density at radius 3 is 2.86 bits per heavy atom. The van der Waals surface area contributed by atoms with E-state index in [2.05, 4.69) is 9.68 Å². The van der Waals surface area contributed by atoms with Crippen LogP contribution in [-0.2, 0) is 11.3 Å². The highest BCUT2D eigenvalue weighted by atomic mass is 16.5. The van der Waals surface area contributed by atoms with Gasteiger partial charge in [-0.1, -0.05) is 18.0 Å². The van der Waals surface area contributed by atoms with E-state index in [4.69, 9.17) is 9.84 Å². The summed E-state index contributed by atoms with van der Waals surface area (Å²) in [6.07, 6.45) is 5.66. The molecule has 0 aromatic carbocycles. The minimum atomic E-state index is 0.291. The lowest BCUT2D eigenvalue weighted by Crippen LogP contribution is -1.96. The molecule has 0 spiro atoms. The SMILES string of the molecule is OCCCCCCOCc1ccon1. The first-order valence-electron chi connectivity index (χ1n) is 5.01. The van der Waals surface area contributed by atoms with Gasteiger partial charge in [-0.05, 0) is 12.8 Å². The molecule has 0 aliphatic heterocycles. The Kier molecular flexibility index (Phi) is 6.02. The number of hydrogen-bond acceptors (Lipinski definition) is 4. The second-order valence-corrected chi connectivity index (χ2v) is 3.18. The Morgan fingerprint density at radius 2 is 2.14 bits per heavy atom. The highest BCUT2D eigenvalue weighted by molar-refractivity contribution is 4.92. The summed E-state index contributed by atoms with van der Waals surface area (Å²) in [4.78, 5) is 0. The Hall–Kier alpha value is -0.870. The van der Waals surface area contributed by atoms with E-state index < -0.39 is 0 Å². The summed E-state index contributed by atoms with van der Waals surface area (Å²) >= 11 is 0. The lowest BCUT2D eigenvalue weighted by Gasteiger charge is -2.01. The van der Waals surface area contributed by atoms with E-state index in [1.807, 2.05) is 0 Å². The van der Waals surface area contributed by atoms with Crippen molar-refractivity contribution in [3.05, 3.63) is 18.0 Å². The summed E-state index contributed by atoms with van der Waals surface area (Å²) in [7, 11) is 0. The minimum absolute atomic E-state index is 0.291. The molecule has 0 radical (unpaired) electrons. The molecule has 0 fully saturated rings. The summed E-state index contributed by atoms with van der Waals surface area (Å²) < 4.78 is 10.0. The van der Waals surface area contributed by atoms with Gasteiger partial charge in [0, 0.05) is 19.3 Å². The fraction of sp³-hybridized carbons (Fsp3) is 0.700. The molecule has 80 valence electrons. The maximum Gasteiger partial charge on any atom is 0.124 e. The van der Waals surface area contributed by atoms with Gasteiger partial charge in [0.05, 0.1) is 6.61 Å². The number of rotatable bonds is 8. The molecule has 0 saturated carbocycles. The second kappa shape index (κ2) is 7.53. The van der Waals surface area contributed by atoms with Crippen LogP contribution in [0.4, 0.5) is 0 Å². The van der Waals surface area contributed by atoms with Crippen molar-refractivity contribution in [2.75, 3.05) is 13.2 Å². The summed E-state index contributed by atoms with van der Waals surface area (Å²) in [6, 6.07) is 1.80. The van der Waals surface area contributed by atoms with Crippen molar-refractivity contribution in [1.82, 2.24) is 5.16 Å². The Morgan fingerprint density at radius 1 is 1.29 bits per heavy atom. The molecule has 0 unspecified atom stereocenters. The van der Waals surface area contributed by atoms with E-state index in [-0.39, 0.29) is 0 Å². The van der Waals surface area contributed by atoms with Crippen molar-refractivity contribution in [1.29, 1.82) is 0 Å². The number of aromatic nitrogens is 1. The number of ether oxygens (including phenoxy) is 1. The van der Waals surface area contributed by atoms with E-state index in [0.717, 1.165) is 38.0 Å². The van der Waals surface area contributed by atoms with Crippen LogP contribution in [0.3, 0.4) is 0 Å². The fourth-order valence-electron chi connectivity index (χ4n) is 1.16. The normalized spacial score (nSPS) is 10.6. The number of hydrogen-bond donors (Lipinski definition) is 1. The van der Waals surface area contributed by atoms with Crippen LogP contribution in [-0.4, -0.2) is 23.5 Å². The van der Waals surface area contributed by atoms with E-state index in [0.29, 0.717) is 13.2 Å². The summed E-state index contributed by atoms with van der Waals surface area (Å²) in [5.74, 6) is 0. The van der Waals surface area contributed by atoms with Crippen LogP contribution < -0.4 is 0 Å². The molecule has 0 saturated heterocycles. The maximum absolute atomic E-state index is 8.54. The second-order valence-electron chi connectivity index (χ2n) is 3.18. The molecule has 1 heterocycles. The molecule has 0 bridgehead atoms. The standard InChI is InChI=1S/C10H17NO3/c12-6-3-1-2-4-7-13-9-10-5-8-14-11-10/h5,8,12H,1-4,6-7,9H2. The maximum atomic E-state index is 8.54. The zero-order valence-corrected chi connectivity index (χ0v) is 8.32. The summed E-state index contributed by atoms with van der Waals surface area (Å²) in [5.41, 5.74) is 0.834. The highest BCUT2D eigenvalue weighted by Gasteiger charge is 1.95. The predicted octanol–water partition coefficient (Wildman–Crippen LogP) is 1.74. The zero-order valence-electron chi connectivity index (χ0n) is 8.32. The third-order valence-corrected chi connectivity index (χ3v) is 1.94. The van der Waals surface area contributed by atoms with E-state index in [9.17, 15) is 0 Å². The van der Waals surface area contributed by atoms with Crippen molar-refractivity contribution >= 4 is 0 Å². The summed E-state index contributed by atoms with van der Waals surface area (Å²) in [6.45, 7) is 1.56. The van der Waals surface area contributed by atoms with Crippen LogP contribution >= 0.6 is 0 Å². The molecule has 14 heavy (non-hydrogen) atoms. The topological polar surface area (TPSA) is 55.5 Å². The van der Waals surface area contributed by atoms with Gasteiger partial charge >= 0.3 is 0 Å². The Balaban J connectivity index is 1.85. The molecule has 4 nitrogen and oxygen atoms in total. The molecule has 1 rings (SSSR count). The van der Waals surface area contributed by atoms with Crippen molar-refractivity contribution < 1.29 is 14.4 Å². The van der Waals surface area contributed by atoms with Gasteiger partial charge in [-0.25, -0.2) is 0 Å². The van der Waals surface area contributed by atoms with Gasteiger partial charge < -0.3 is 14.4 Å². The number of nitrogens with zero attached hydrogens (tertiary/aromatic N) is 1. The van der Waals surface area contributed by atoms with E-state index in [1.165, 1.54) is 0 Å². The fourth-order valence-corrected chi connectivity index (χ4v) is 1.16. The van der Waals surface area contributed by atoms with E-state index in [1.54, 1.807) is 12.3 Å². The van der Waals surface area contributed by atoms with Crippen LogP contribution in [0.2, 0.25) is 0 Å². The average molecular weight is 199 g/mol. The molecule has 0 aliphatic carbocycles. The third-order valence-electron chi connectivity index (χ3n) is 1.94. The first-order chi connectivity index (χ1) is 6.93. The average Bonchev–Trinajstić information content (AvgIpc) is 2.69. The van der Waals surface area contributed by atoms with Crippen molar-refractivity contribution in [2.24, 2.45) is 0 Å². The monoisotopic (exact) mass is 199 g/mol. The highest BCUT2D eigenvalue weighted by Crippen LogP contribution is 2.01. The minimum Gasteiger partial charge on any atom is -0.396 e. The van der Waals surface area contributed by atoms with Crippen LogP contribution in [0.1, 0.15) is 31.4 Å². The first kappa shape index (κ1) is 11.2. The van der Waals surface area contributed by atoms with Gasteiger partial charge in [0.25, 0.3) is 0 Å². The molecular formula is C10H17NO3. The lowest BCUT2D eigenvalue weighted by molar-refractivity contribution is 0.111. The van der Waals surface area contributed by atoms with Crippen molar-refractivity contribution in [3.8, 4) is 0 Å². The van der Waals surface area contributed by atoms with Gasteiger partial charge in [-0.2, -0.15) is 0 Å². The summed E-state index contributed by atoms with van der Waals surface area (Å²) in [5, 5.41) is 12.3. The largest absolute Gasteiger partial charge is 0.396 e. The number of aliphatic hydroxyl groups excluding tert-OH is 1. The molecule has 0 amide bonds. The number of aliphatic hydroxyl groups is 1. The zero-order chi connectivity index (χ0) is 10.1. The number of unbranched alkanes of at least 4 members (excludes halogenated alkanes) is 3. The lowest BCUT2D eigenvalue weighted by atomic mass is 10.2. The molecule has 1 aromatic heterocycles. The molecule has 0 aliphatic rings. The van der Waals surface area contributed by atoms with Gasteiger partial charge in [0.2, 0.25) is 0 Å². The predicted molar refractivity (Wildman–Crippen MR) is 51.7 cm³/mol. The smallest absolute Gasteiger partial charge is 0.124 e. The van der Waals surface area contributed by atoms with Crippen LogP contribution in [0.5, 0.6) is 0 Å². The Labute approximate surface area is 83.9 Å². The third kappa shape index (κ3) is 4.99. The van der Waals surface area contributed by atoms with Crippen molar-refractivity contribution in [2.45, 2.75) is 32.3 Å². The first-order valence-corrected chi connectivity index (χ1v) is 5.01. The van der Waals surface area contributed by atoms with Crippen LogP contribution in [0, 0.1) is 0 Å². The van der Waals surface area contributed by atoms with Crippen molar-refractivity contribution in [3.63, 3.8) is 0 Å². The Bertz CT molecular complexity index is 211. The molecule has 4 heteroatoms. The van der Waals surface area contributed by atoms with E-state index >= 15 is 0 Å². The van der Waals surface area contributed by atoms with Gasteiger partial charge in [0.1, 0.15) is 12.0 Å². The van der Waals surface area contributed by atoms with Gasteiger partial charge in [-0.3, -0.25) is 0 Å². The molecule has 1 aromatic rings. The molecule has 1 N–H and O–H groups in total. The van der Waals surface area contributed by atoms with Crippen LogP contribution in [0.25, 0.3) is 0 Å². The molecular weight excluding hydrogens is 182 g/mol.